The van der Waals surface area contributed by atoms with Crippen molar-refractivity contribution in [3.05, 3.63) is 41.4 Å². The van der Waals surface area contributed by atoms with Gasteiger partial charge in [-0.2, -0.15) is 0 Å². The molecule has 5 heteroatoms. The van der Waals surface area contributed by atoms with Gasteiger partial charge in [-0.15, -0.1) is 0 Å². The first-order valence-electron chi connectivity index (χ1n) is 5.14. The smallest absolute Gasteiger partial charge is 0.504 e. The Kier molecular flexibility index (Phi) is 2.46. The van der Waals surface area contributed by atoms with Gasteiger partial charge in [0, 0.05) is 10.8 Å². The fraction of sp³-hybridized carbons (Fsp3) is 0. The monoisotopic (exact) mass is 246 g/mol. The van der Waals surface area contributed by atoms with Crippen LogP contribution in [0.5, 0.6) is 5.75 Å². The van der Waals surface area contributed by atoms with Gasteiger partial charge in [0.15, 0.2) is 0 Å². The molecule has 0 fully saturated rings. The summed E-state index contributed by atoms with van der Waals surface area (Å²) in [5.41, 5.74) is 1.49. The van der Waals surface area contributed by atoms with Crippen molar-refractivity contribution < 1.29 is 14.1 Å². The van der Waals surface area contributed by atoms with Crippen molar-refractivity contribution in [1.82, 2.24) is 0 Å². The average molecular weight is 246 g/mol. The van der Waals surface area contributed by atoms with E-state index in [-0.39, 0.29) is 7.69 Å². The van der Waals surface area contributed by atoms with Crippen LogP contribution in [0.15, 0.2) is 40.8 Å². The summed E-state index contributed by atoms with van der Waals surface area (Å²) < 4.78 is 10.7. The Bertz CT molecular complexity index is 693. The molecule has 0 aliphatic rings. The summed E-state index contributed by atoms with van der Waals surface area (Å²) in [6, 6.07) is 10.9. The molecule has 0 amide bonds. The van der Waals surface area contributed by atoms with Crippen LogP contribution in [0.25, 0.3) is 21.9 Å². The summed E-state index contributed by atoms with van der Waals surface area (Å²) in [5.74, 6) is 0.586. The van der Waals surface area contributed by atoms with Crippen LogP contribution < -0.4 is 4.65 Å². The molecule has 3 nitrogen and oxygen atoms in total. The second kappa shape index (κ2) is 3.98. The number of furan rings is 1. The minimum Gasteiger partial charge on any atom is -0.539 e. The summed E-state index contributed by atoms with van der Waals surface area (Å²) in [4.78, 5) is 0. The molecule has 3 aromatic rings. The van der Waals surface area contributed by atoms with Crippen molar-refractivity contribution in [1.29, 1.82) is 0 Å². The van der Waals surface area contributed by atoms with Gasteiger partial charge >= 0.3 is 7.69 Å². The van der Waals surface area contributed by atoms with Gasteiger partial charge in [0.2, 0.25) is 0 Å². The molecule has 0 radical (unpaired) electrons. The molecule has 0 bridgehead atoms. The minimum absolute atomic E-state index is 0.352. The van der Waals surface area contributed by atoms with E-state index < -0.39 is 0 Å². The van der Waals surface area contributed by atoms with Gasteiger partial charge in [0.05, 0.1) is 5.02 Å². The van der Waals surface area contributed by atoms with E-state index in [0.717, 1.165) is 21.9 Å². The van der Waals surface area contributed by atoms with Gasteiger partial charge in [0.25, 0.3) is 0 Å². The fourth-order valence-corrected chi connectivity index (χ4v) is 2.19. The molecule has 0 spiro atoms. The summed E-state index contributed by atoms with van der Waals surface area (Å²) >= 11 is 6.16. The quantitative estimate of drug-likeness (QED) is 0.707. The van der Waals surface area contributed by atoms with E-state index in [1.807, 2.05) is 24.3 Å². The maximum atomic E-state index is 8.74. The Hall–Kier alpha value is -1.65. The van der Waals surface area contributed by atoms with Crippen LogP contribution in [0, 0.1) is 0 Å². The van der Waals surface area contributed by atoms with Crippen LogP contribution in [0.2, 0.25) is 5.02 Å². The van der Waals surface area contributed by atoms with Gasteiger partial charge in [-0.05, 0) is 30.3 Å². The largest absolute Gasteiger partial charge is 0.539 e. The van der Waals surface area contributed by atoms with Gasteiger partial charge in [-0.1, -0.05) is 17.7 Å². The molecule has 0 aliphatic heterocycles. The summed E-state index contributed by atoms with van der Waals surface area (Å²) in [5, 5.41) is 11.1. The van der Waals surface area contributed by atoms with Crippen LogP contribution in [-0.4, -0.2) is 12.7 Å². The first kappa shape index (κ1) is 10.5. The third kappa shape index (κ3) is 1.66. The van der Waals surface area contributed by atoms with E-state index in [1.54, 1.807) is 12.1 Å². The van der Waals surface area contributed by atoms with E-state index >= 15 is 0 Å². The Balaban J connectivity index is 2.36. The molecule has 0 saturated carbocycles. The average Bonchev–Trinajstić information content (AvgIpc) is 2.68. The predicted octanol–water partition coefficient (Wildman–Crippen LogP) is 2.88. The molecule has 17 heavy (non-hydrogen) atoms. The fourth-order valence-electron chi connectivity index (χ4n) is 1.93. The maximum Gasteiger partial charge on any atom is 0.504 e. The van der Waals surface area contributed by atoms with E-state index in [1.165, 1.54) is 0 Å². The zero-order chi connectivity index (χ0) is 11.8. The Morgan fingerprint density at radius 3 is 2.88 bits per heavy atom. The lowest BCUT2D eigenvalue weighted by molar-refractivity contribution is 0.454. The van der Waals surface area contributed by atoms with Gasteiger partial charge in [0.1, 0.15) is 16.9 Å². The van der Waals surface area contributed by atoms with Crippen molar-refractivity contribution in [2.75, 3.05) is 0 Å². The molecule has 0 unspecified atom stereocenters. The van der Waals surface area contributed by atoms with E-state index in [0.29, 0.717) is 10.8 Å². The van der Waals surface area contributed by atoms with Crippen molar-refractivity contribution in [3.63, 3.8) is 0 Å². The topological polar surface area (TPSA) is 42.6 Å². The summed E-state index contributed by atoms with van der Waals surface area (Å²) in [6.07, 6.45) is 0. The number of halogens is 1. The number of hydrogen-bond donors (Lipinski definition) is 1. The summed E-state index contributed by atoms with van der Waals surface area (Å²) in [6.45, 7) is 0. The lowest BCUT2D eigenvalue weighted by Crippen LogP contribution is -1.98. The van der Waals surface area contributed by atoms with Crippen molar-refractivity contribution in [2.24, 2.45) is 0 Å². The molecule has 0 aliphatic carbocycles. The van der Waals surface area contributed by atoms with Crippen LogP contribution in [0.1, 0.15) is 0 Å². The number of rotatable bonds is 2. The van der Waals surface area contributed by atoms with E-state index in [2.05, 4.69) is 0 Å². The Labute approximate surface area is 103 Å². The number of benzene rings is 2. The third-order valence-electron chi connectivity index (χ3n) is 2.65. The first-order valence-corrected chi connectivity index (χ1v) is 5.52. The molecular formula is C12H8BClO3. The SMILES string of the molecule is OBOc1ccc2oc3cccc(Cl)c3c2c1. The van der Waals surface area contributed by atoms with Crippen LogP contribution in [0.4, 0.5) is 0 Å². The highest BCUT2D eigenvalue weighted by molar-refractivity contribution is 6.37. The van der Waals surface area contributed by atoms with Crippen molar-refractivity contribution in [2.45, 2.75) is 0 Å². The third-order valence-corrected chi connectivity index (χ3v) is 2.96. The van der Waals surface area contributed by atoms with E-state index in [9.17, 15) is 0 Å². The molecular weight excluding hydrogens is 238 g/mol. The number of fused-ring (bicyclic) bond motifs is 3. The maximum absolute atomic E-state index is 8.74. The standard InChI is InChI=1S/C12H8BClO3/c14-9-2-1-3-11-12(9)8-6-7(17-13-15)4-5-10(8)16-11/h1-6,13,15H. The van der Waals surface area contributed by atoms with Crippen molar-refractivity contribution >= 4 is 41.2 Å². The van der Waals surface area contributed by atoms with Gasteiger partial charge in [-0.3, -0.25) is 0 Å². The first-order chi connectivity index (χ1) is 8.29. The number of hydrogen-bond acceptors (Lipinski definition) is 3. The van der Waals surface area contributed by atoms with Crippen LogP contribution in [-0.2, 0) is 0 Å². The molecule has 0 saturated heterocycles. The van der Waals surface area contributed by atoms with Gasteiger partial charge in [-0.25, -0.2) is 0 Å². The molecule has 1 heterocycles. The Morgan fingerprint density at radius 2 is 2.06 bits per heavy atom. The lowest BCUT2D eigenvalue weighted by atomic mass is 10.1. The Morgan fingerprint density at radius 1 is 1.18 bits per heavy atom. The lowest BCUT2D eigenvalue weighted by Gasteiger charge is -2.00. The second-order valence-electron chi connectivity index (χ2n) is 3.65. The molecule has 84 valence electrons. The highest BCUT2D eigenvalue weighted by Crippen LogP contribution is 2.35. The molecule has 1 N–H and O–H groups in total. The van der Waals surface area contributed by atoms with Crippen LogP contribution in [0.3, 0.4) is 0 Å². The summed E-state index contributed by atoms with van der Waals surface area (Å²) in [7, 11) is -0.352. The molecule has 0 atom stereocenters. The van der Waals surface area contributed by atoms with Gasteiger partial charge < -0.3 is 14.1 Å². The molecule has 3 rings (SSSR count). The van der Waals surface area contributed by atoms with Crippen LogP contribution >= 0.6 is 11.6 Å². The highest BCUT2D eigenvalue weighted by atomic mass is 35.5. The van der Waals surface area contributed by atoms with Crippen molar-refractivity contribution in [3.8, 4) is 5.75 Å². The molecule has 1 aromatic heterocycles. The predicted molar refractivity (Wildman–Crippen MR) is 68.7 cm³/mol. The van der Waals surface area contributed by atoms with E-state index in [4.69, 9.17) is 25.7 Å². The zero-order valence-corrected chi connectivity index (χ0v) is 9.57. The molecule has 2 aromatic carbocycles. The highest BCUT2D eigenvalue weighted by Gasteiger charge is 2.10. The normalized spacial score (nSPS) is 10.9. The zero-order valence-electron chi connectivity index (χ0n) is 8.81. The second-order valence-corrected chi connectivity index (χ2v) is 4.05. The minimum atomic E-state index is -0.352.